The maximum absolute atomic E-state index is 12.6. The molecule has 1 aliphatic rings. The minimum absolute atomic E-state index is 0.141. The van der Waals surface area contributed by atoms with Crippen LogP contribution in [0.5, 0.6) is 0 Å². The van der Waals surface area contributed by atoms with Crippen molar-refractivity contribution in [2.24, 2.45) is 0 Å². The van der Waals surface area contributed by atoms with Gasteiger partial charge in [0.15, 0.2) is 0 Å². The highest BCUT2D eigenvalue weighted by atomic mass is 32.2. The lowest BCUT2D eigenvalue weighted by Gasteiger charge is -2.19. The number of benzene rings is 2. The van der Waals surface area contributed by atoms with Gasteiger partial charge in [-0.3, -0.25) is 4.31 Å². The molecule has 0 unspecified atom stereocenters. The summed E-state index contributed by atoms with van der Waals surface area (Å²) in [5, 5.41) is 0. The van der Waals surface area contributed by atoms with Gasteiger partial charge >= 0.3 is 6.18 Å². The molecule has 0 aliphatic carbocycles. The standard InChI is InChI=1S/C15H12F3NO2S/c16-15(17,18)12-5-7-13(8-6-12)22(20,21)19-10-9-11-3-1-2-4-14(11)19/h1-8H,9-10H2. The molecule has 116 valence electrons. The number of nitrogens with zero attached hydrogens (tertiary/aromatic N) is 1. The zero-order valence-corrected chi connectivity index (χ0v) is 12.2. The predicted octanol–water partition coefficient (Wildman–Crippen LogP) is 3.46. The highest BCUT2D eigenvalue weighted by Crippen LogP contribution is 2.34. The van der Waals surface area contributed by atoms with E-state index in [4.69, 9.17) is 0 Å². The Hall–Kier alpha value is -2.02. The Labute approximate surface area is 126 Å². The smallest absolute Gasteiger partial charge is 0.266 e. The fraction of sp³-hybridized carbons (Fsp3) is 0.200. The normalized spacial score (nSPS) is 15.0. The number of sulfonamides is 1. The van der Waals surface area contributed by atoms with E-state index in [2.05, 4.69) is 0 Å². The number of hydrogen-bond acceptors (Lipinski definition) is 2. The Morgan fingerprint density at radius 3 is 2.23 bits per heavy atom. The van der Waals surface area contributed by atoms with Gasteiger partial charge in [0.2, 0.25) is 0 Å². The average molecular weight is 327 g/mol. The van der Waals surface area contributed by atoms with Crippen molar-refractivity contribution in [3.63, 3.8) is 0 Å². The van der Waals surface area contributed by atoms with Crippen LogP contribution in [-0.2, 0) is 22.6 Å². The van der Waals surface area contributed by atoms with Crippen LogP contribution in [0.2, 0.25) is 0 Å². The van der Waals surface area contributed by atoms with Gasteiger partial charge in [-0.2, -0.15) is 13.2 Å². The molecule has 3 nitrogen and oxygen atoms in total. The first-order valence-electron chi connectivity index (χ1n) is 6.58. The van der Waals surface area contributed by atoms with Crippen molar-refractivity contribution in [3.8, 4) is 0 Å². The molecule has 1 heterocycles. The Morgan fingerprint density at radius 1 is 0.955 bits per heavy atom. The van der Waals surface area contributed by atoms with E-state index in [-0.39, 0.29) is 4.90 Å². The summed E-state index contributed by atoms with van der Waals surface area (Å²) >= 11 is 0. The first-order chi connectivity index (χ1) is 10.3. The fourth-order valence-corrected chi connectivity index (χ4v) is 4.00. The molecule has 3 rings (SSSR count). The molecule has 1 aliphatic heterocycles. The minimum atomic E-state index is -4.48. The monoisotopic (exact) mass is 327 g/mol. The van der Waals surface area contributed by atoms with E-state index in [1.165, 1.54) is 4.31 Å². The summed E-state index contributed by atoms with van der Waals surface area (Å²) in [5.41, 5.74) is 0.633. The van der Waals surface area contributed by atoms with Crippen molar-refractivity contribution in [2.45, 2.75) is 17.5 Å². The van der Waals surface area contributed by atoms with Crippen LogP contribution < -0.4 is 4.31 Å². The van der Waals surface area contributed by atoms with E-state index >= 15 is 0 Å². The number of rotatable bonds is 2. The van der Waals surface area contributed by atoms with Crippen molar-refractivity contribution >= 4 is 15.7 Å². The van der Waals surface area contributed by atoms with Gasteiger partial charge in [-0.15, -0.1) is 0 Å². The maximum atomic E-state index is 12.6. The van der Waals surface area contributed by atoms with E-state index in [1.54, 1.807) is 12.1 Å². The van der Waals surface area contributed by atoms with Gasteiger partial charge in [-0.05, 0) is 42.3 Å². The van der Waals surface area contributed by atoms with Crippen LogP contribution >= 0.6 is 0 Å². The van der Waals surface area contributed by atoms with Crippen molar-refractivity contribution in [1.82, 2.24) is 0 Å². The first-order valence-corrected chi connectivity index (χ1v) is 8.02. The van der Waals surface area contributed by atoms with E-state index in [0.717, 1.165) is 29.8 Å². The van der Waals surface area contributed by atoms with Crippen molar-refractivity contribution < 1.29 is 21.6 Å². The summed E-state index contributed by atoms with van der Waals surface area (Å²) in [4.78, 5) is -0.141. The zero-order valence-electron chi connectivity index (χ0n) is 11.3. The van der Waals surface area contributed by atoms with Crippen molar-refractivity contribution in [2.75, 3.05) is 10.8 Å². The molecule has 0 aromatic heterocycles. The Balaban J connectivity index is 1.98. The number of para-hydroxylation sites is 1. The molecule has 7 heteroatoms. The maximum Gasteiger partial charge on any atom is 0.416 e. The van der Waals surface area contributed by atoms with E-state index < -0.39 is 21.8 Å². The minimum Gasteiger partial charge on any atom is -0.266 e. The summed E-state index contributed by atoms with van der Waals surface area (Å²) in [6.07, 6.45) is -3.89. The Kier molecular flexibility index (Phi) is 3.40. The quantitative estimate of drug-likeness (QED) is 0.847. The third-order valence-corrected chi connectivity index (χ3v) is 5.44. The molecule has 0 fully saturated rings. The van der Waals surface area contributed by atoms with Crippen LogP contribution in [0, 0.1) is 0 Å². The highest BCUT2D eigenvalue weighted by Gasteiger charge is 2.33. The second kappa shape index (κ2) is 5.01. The van der Waals surface area contributed by atoms with E-state index in [9.17, 15) is 21.6 Å². The van der Waals surface area contributed by atoms with Crippen molar-refractivity contribution in [3.05, 3.63) is 59.7 Å². The number of fused-ring (bicyclic) bond motifs is 1. The molecule has 0 bridgehead atoms. The van der Waals surface area contributed by atoms with Crippen molar-refractivity contribution in [1.29, 1.82) is 0 Å². The third kappa shape index (κ3) is 2.45. The molecule has 0 radical (unpaired) electrons. The molecule has 22 heavy (non-hydrogen) atoms. The van der Waals surface area contributed by atoms with Gasteiger partial charge in [0.25, 0.3) is 10.0 Å². The van der Waals surface area contributed by atoms with Gasteiger partial charge < -0.3 is 0 Å². The van der Waals surface area contributed by atoms with Crippen LogP contribution in [0.1, 0.15) is 11.1 Å². The summed E-state index contributed by atoms with van der Waals surface area (Å²) in [6, 6.07) is 10.7. The Morgan fingerprint density at radius 2 is 1.59 bits per heavy atom. The van der Waals surface area contributed by atoms with Gasteiger partial charge in [0.1, 0.15) is 0 Å². The van der Waals surface area contributed by atoms with Crippen LogP contribution in [0.3, 0.4) is 0 Å². The average Bonchev–Trinajstić information content (AvgIpc) is 2.91. The van der Waals surface area contributed by atoms with Crippen LogP contribution in [0.15, 0.2) is 53.4 Å². The lowest BCUT2D eigenvalue weighted by molar-refractivity contribution is -0.137. The second-order valence-electron chi connectivity index (χ2n) is 4.98. The molecule has 0 spiro atoms. The van der Waals surface area contributed by atoms with Crippen LogP contribution in [0.4, 0.5) is 18.9 Å². The largest absolute Gasteiger partial charge is 0.416 e. The molecular formula is C15H12F3NO2S. The summed E-state index contributed by atoms with van der Waals surface area (Å²) < 4.78 is 64.1. The number of anilines is 1. The van der Waals surface area contributed by atoms with Crippen LogP contribution in [-0.4, -0.2) is 15.0 Å². The molecule has 0 saturated carbocycles. The molecule has 0 atom stereocenters. The van der Waals surface area contributed by atoms with E-state index in [1.807, 2.05) is 12.1 Å². The molecule has 0 saturated heterocycles. The van der Waals surface area contributed by atoms with E-state index in [0.29, 0.717) is 18.7 Å². The predicted molar refractivity (Wildman–Crippen MR) is 76.1 cm³/mol. The fourth-order valence-electron chi connectivity index (χ4n) is 2.50. The van der Waals surface area contributed by atoms with Crippen LogP contribution in [0.25, 0.3) is 0 Å². The molecule has 0 amide bonds. The second-order valence-corrected chi connectivity index (χ2v) is 6.84. The summed E-state index contributed by atoms with van der Waals surface area (Å²) in [5.74, 6) is 0. The highest BCUT2D eigenvalue weighted by molar-refractivity contribution is 7.92. The first kappa shape index (κ1) is 14.9. The number of halogens is 3. The molecule has 2 aromatic rings. The summed E-state index contributed by atoms with van der Waals surface area (Å²) in [7, 11) is -3.85. The van der Waals surface area contributed by atoms with Gasteiger partial charge in [0.05, 0.1) is 16.1 Å². The number of hydrogen-bond donors (Lipinski definition) is 0. The third-order valence-electron chi connectivity index (χ3n) is 3.61. The topological polar surface area (TPSA) is 37.4 Å². The molecular weight excluding hydrogens is 315 g/mol. The van der Waals surface area contributed by atoms with Gasteiger partial charge in [-0.1, -0.05) is 18.2 Å². The molecule has 0 N–H and O–H groups in total. The molecule has 2 aromatic carbocycles. The van der Waals surface area contributed by atoms with Gasteiger partial charge in [-0.25, -0.2) is 8.42 Å². The SMILES string of the molecule is O=S(=O)(c1ccc(C(F)(F)F)cc1)N1CCc2ccccc21. The lowest BCUT2D eigenvalue weighted by Crippen LogP contribution is -2.29. The number of alkyl halides is 3. The van der Waals surface area contributed by atoms with Gasteiger partial charge in [0, 0.05) is 6.54 Å². The lowest BCUT2D eigenvalue weighted by atomic mass is 10.2. The summed E-state index contributed by atoms with van der Waals surface area (Å²) in [6.45, 7) is 0.294. The Bertz CT molecular complexity index is 798. The zero-order chi connectivity index (χ0) is 16.0.